The number of halogens is 1. The second kappa shape index (κ2) is 6.24. The summed E-state index contributed by atoms with van der Waals surface area (Å²) in [5, 5.41) is 3.53. The molecule has 1 aliphatic heterocycles. The van der Waals surface area contributed by atoms with Crippen molar-refractivity contribution in [2.24, 2.45) is 5.92 Å². The fourth-order valence-electron chi connectivity index (χ4n) is 2.48. The lowest BCUT2D eigenvalue weighted by molar-refractivity contribution is 0.411. The summed E-state index contributed by atoms with van der Waals surface area (Å²) < 4.78 is 19.2. The average molecular weight is 266 g/mol. The molecule has 1 aromatic rings. The van der Waals surface area contributed by atoms with Gasteiger partial charge in [0.25, 0.3) is 0 Å². The molecule has 3 nitrogen and oxygen atoms in total. The van der Waals surface area contributed by atoms with Crippen LogP contribution in [-0.4, -0.2) is 32.8 Å². The van der Waals surface area contributed by atoms with Crippen LogP contribution in [0.1, 0.15) is 20.3 Å². The Bertz CT molecular complexity index is 423. The first-order valence-corrected chi connectivity index (χ1v) is 6.93. The molecule has 1 aliphatic rings. The van der Waals surface area contributed by atoms with Gasteiger partial charge in [-0.15, -0.1) is 0 Å². The maximum Gasteiger partial charge on any atom is 0.146 e. The van der Waals surface area contributed by atoms with Crippen molar-refractivity contribution >= 4 is 5.69 Å². The van der Waals surface area contributed by atoms with Crippen LogP contribution in [0, 0.1) is 11.7 Å². The molecule has 0 saturated carbocycles. The Morgan fingerprint density at radius 3 is 2.89 bits per heavy atom. The van der Waals surface area contributed by atoms with E-state index in [0.717, 1.165) is 26.1 Å². The van der Waals surface area contributed by atoms with E-state index >= 15 is 0 Å². The largest absolute Gasteiger partial charge is 0.497 e. The lowest BCUT2D eigenvalue weighted by atomic mass is 10.0. The van der Waals surface area contributed by atoms with E-state index in [-0.39, 0.29) is 5.82 Å². The van der Waals surface area contributed by atoms with Gasteiger partial charge in [-0.2, -0.15) is 0 Å². The van der Waals surface area contributed by atoms with Crippen LogP contribution in [0.15, 0.2) is 18.2 Å². The van der Waals surface area contributed by atoms with Crippen LogP contribution in [0.4, 0.5) is 10.1 Å². The Labute approximate surface area is 114 Å². The van der Waals surface area contributed by atoms with Gasteiger partial charge < -0.3 is 15.0 Å². The summed E-state index contributed by atoms with van der Waals surface area (Å²) in [6.45, 7) is 7.10. The third-order valence-corrected chi connectivity index (χ3v) is 3.73. The molecule has 0 radical (unpaired) electrons. The number of rotatable bonds is 3. The normalized spacial score (nSPS) is 20.5. The fourth-order valence-corrected chi connectivity index (χ4v) is 2.48. The molecular weight excluding hydrogens is 243 g/mol. The Morgan fingerprint density at radius 1 is 1.42 bits per heavy atom. The highest BCUT2D eigenvalue weighted by Crippen LogP contribution is 2.26. The van der Waals surface area contributed by atoms with Gasteiger partial charge >= 0.3 is 0 Å². The average Bonchev–Trinajstić information content (AvgIpc) is 2.65. The quantitative estimate of drug-likeness (QED) is 0.910. The number of anilines is 1. The van der Waals surface area contributed by atoms with Crippen molar-refractivity contribution in [2.45, 2.75) is 26.3 Å². The Morgan fingerprint density at radius 2 is 2.21 bits per heavy atom. The number of hydrogen-bond acceptors (Lipinski definition) is 3. The summed E-state index contributed by atoms with van der Waals surface area (Å²) in [5.41, 5.74) is 0.647. The molecule has 1 heterocycles. The minimum atomic E-state index is -0.176. The minimum Gasteiger partial charge on any atom is -0.497 e. The SMILES string of the molecule is COc1ccc(F)c(N2CCCNC(C(C)C)C2)c1. The molecule has 1 N–H and O–H groups in total. The molecule has 0 bridgehead atoms. The second-order valence-corrected chi connectivity index (χ2v) is 5.42. The Hall–Kier alpha value is -1.29. The molecule has 0 aromatic heterocycles. The maximum atomic E-state index is 14.0. The van der Waals surface area contributed by atoms with E-state index in [1.54, 1.807) is 19.2 Å². The van der Waals surface area contributed by atoms with Crippen molar-refractivity contribution in [2.75, 3.05) is 31.6 Å². The van der Waals surface area contributed by atoms with Gasteiger partial charge in [-0.25, -0.2) is 4.39 Å². The summed E-state index contributed by atoms with van der Waals surface area (Å²) >= 11 is 0. The summed E-state index contributed by atoms with van der Waals surface area (Å²) in [7, 11) is 1.61. The monoisotopic (exact) mass is 266 g/mol. The van der Waals surface area contributed by atoms with Crippen molar-refractivity contribution in [1.29, 1.82) is 0 Å². The van der Waals surface area contributed by atoms with E-state index < -0.39 is 0 Å². The van der Waals surface area contributed by atoms with E-state index in [2.05, 4.69) is 24.1 Å². The van der Waals surface area contributed by atoms with E-state index in [4.69, 9.17) is 4.74 Å². The molecule has 0 spiro atoms. The topological polar surface area (TPSA) is 24.5 Å². The molecule has 1 fully saturated rings. The number of nitrogens with zero attached hydrogens (tertiary/aromatic N) is 1. The first-order chi connectivity index (χ1) is 9.11. The zero-order valence-corrected chi connectivity index (χ0v) is 11.9. The fraction of sp³-hybridized carbons (Fsp3) is 0.600. The van der Waals surface area contributed by atoms with Crippen LogP contribution in [0.2, 0.25) is 0 Å². The summed E-state index contributed by atoms with van der Waals surface area (Å²) in [4.78, 5) is 2.13. The summed E-state index contributed by atoms with van der Waals surface area (Å²) in [6, 6.07) is 5.33. The van der Waals surface area contributed by atoms with E-state index in [0.29, 0.717) is 23.4 Å². The highest BCUT2D eigenvalue weighted by molar-refractivity contribution is 5.52. The van der Waals surface area contributed by atoms with Gasteiger partial charge in [0.2, 0.25) is 0 Å². The molecule has 4 heteroatoms. The van der Waals surface area contributed by atoms with Crippen LogP contribution < -0.4 is 15.0 Å². The summed E-state index contributed by atoms with van der Waals surface area (Å²) in [5.74, 6) is 1.06. The standard InChI is InChI=1S/C15H23FN2O/c1-11(2)14-10-18(8-4-7-17-14)15-9-12(19-3)5-6-13(15)16/h5-6,9,11,14,17H,4,7-8,10H2,1-3H3. The predicted molar refractivity (Wildman–Crippen MR) is 76.4 cm³/mol. The first kappa shape index (κ1) is 14.1. The highest BCUT2D eigenvalue weighted by Gasteiger charge is 2.22. The molecule has 1 saturated heterocycles. The number of benzene rings is 1. The van der Waals surface area contributed by atoms with Gasteiger partial charge in [-0.3, -0.25) is 0 Å². The summed E-state index contributed by atoms with van der Waals surface area (Å²) in [6.07, 6.45) is 1.03. The van der Waals surface area contributed by atoms with Crippen LogP contribution in [0.25, 0.3) is 0 Å². The molecule has 19 heavy (non-hydrogen) atoms. The number of methoxy groups -OCH3 is 1. The third-order valence-electron chi connectivity index (χ3n) is 3.73. The first-order valence-electron chi connectivity index (χ1n) is 6.93. The van der Waals surface area contributed by atoms with Gasteiger partial charge in [0.05, 0.1) is 12.8 Å². The molecule has 106 valence electrons. The molecule has 2 rings (SSSR count). The van der Waals surface area contributed by atoms with E-state index in [1.807, 2.05) is 0 Å². The lowest BCUT2D eigenvalue weighted by Gasteiger charge is -2.29. The lowest BCUT2D eigenvalue weighted by Crippen LogP contribution is -2.41. The van der Waals surface area contributed by atoms with Crippen LogP contribution >= 0.6 is 0 Å². The van der Waals surface area contributed by atoms with Crippen LogP contribution in [0.3, 0.4) is 0 Å². The Kier molecular flexibility index (Phi) is 4.64. The molecular formula is C15H23FN2O. The third kappa shape index (κ3) is 3.38. The molecule has 1 atom stereocenters. The maximum absolute atomic E-state index is 14.0. The van der Waals surface area contributed by atoms with Crippen LogP contribution in [0.5, 0.6) is 5.75 Å². The van der Waals surface area contributed by atoms with Gasteiger partial charge in [-0.1, -0.05) is 13.8 Å². The van der Waals surface area contributed by atoms with E-state index in [1.165, 1.54) is 6.07 Å². The zero-order chi connectivity index (χ0) is 13.8. The van der Waals surface area contributed by atoms with Gasteiger partial charge in [-0.05, 0) is 31.0 Å². The predicted octanol–water partition coefficient (Wildman–Crippen LogP) is 2.66. The molecule has 1 unspecified atom stereocenters. The molecule has 0 amide bonds. The van der Waals surface area contributed by atoms with Crippen molar-refractivity contribution in [3.05, 3.63) is 24.0 Å². The van der Waals surface area contributed by atoms with Gasteiger partial charge in [0, 0.05) is 25.2 Å². The molecule has 0 aliphatic carbocycles. The number of nitrogens with one attached hydrogen (secondary N) is 1. The van der Waals surface area contributed by atoms with Crippen molar-refractivity contribution in [3.63, 3.8) is 0 Å². The minimum absolute atomic E-state index is 0.176. The van der Waals surface area contributed by atoms with Crippen molar-refractivity contribution in [3.8, 4) is 5.75 Å². The highest BCUT2D eigenvalue weighted by atomic mass is 19.1. The van der Waals surface area contributed by atoms with Crippen LogP contribution in [-0.2, 0) is 0 Å². The number of ether oxygens (including phenoxy) is 1. The smallest absolute Gasteiger partial charge is 0.146 e. The number of hydrogen-bond donors (Lipinski definition) is 1. The van der Waals surface area contributed by atoms with Gasteiger partial charge in [0.1, 0.15) is 11.6 Å². The van der Waals surface area contributed by atoms with Crippen molar-refractivity contribution in [1.82, 2.24) is 5.32 Å². The van der Waals surface area contributed by atoms with Gasteiger partial charge in [0.15, 0.2) is 0 Å². The zero-order valence-electron chi connectivity index (χ0n) is 11.9. The van der Waals surface area contributed by atoms with E-state index in [9.17, 15) is 4.39 Å². The Balaban J connectivity index is 2.23. The molecule has 1 aromatic carbocycles. The second-order valence-electron chi connectivity index (χ2n) is 5.42. The van der Waals surface area contributed by atoms with Crippen molar-refractivity contribution < 1.29 is 9.13 Å².